The Labute approximate surface area is 99.4 Å². The smallest absolute Gasteiger partial charge is 0.417 e. The van der Waals surface area contributed by atoms with Gasteiger partial charge in [0.2, 0.25) is 0 Å². The number of alkyl halides is 3. The molecule has 0 saturated carbocycles. The highest BCUT2D eigenvalue weighted by Gasteiger charge is 2.33. The van der Waals surface area contributed by atoms with Gasteiger partial charge in [-0.05, 0) is 12.1 Å². The first kappa shape index (κ1) is 12.3. The zero-order chi connectivity index (χ0) is 13.5. The van der Waals surface area contributed by atoms with Crippen LogP contribution in [0.15, 0.2) is 29.1 Å². The third-order valence-electron chi connectivity index (χ3n) is 2.57. The average molecular weight is 258 g/mol. The molecule has 0 aliphatic rings. The highest BCUT2D eigenvalue weighted by Crippen LogP contribution is 2.34. The molecule has 2 N–H and O–H groups in total. The first-order valence-electron chi connectivity index (χ1n) is 4.90. The minimum Gasteiger partial charge on any atom is -0.497 e. The molecule has 96 valence electrons. The Morgan fingerprint density at radius 3 is 2.50 bits per heavy atom. The van der Waals surface area contributed by atoms with Crippen molar-refractivity contribution < 1.29 is 17.9 Å². The van der Waals surface area contributed by atoms with Crippen LogP contribution >= 0.6 is 0 Å². The van der Waals surface area contributed by atoms with Crippen LogP contribution in [0.3, 0.4) is 0 Å². The first-order chi connectivity index (χ1) is 8.34. The van der Waals surface area contributed by atoms with E-state index >= 15 is 0 Å². The van der Waals surface area contributed by atoms with Crippen LogP contribution in [0.5, 0.6) is 5.75 Å². The Morgan fingerprint density at radius 2 is 1.94 bits per heavy atom. The van der Waals surface area contributed by atoms with Gasteiger partial charge in [0, 0.05) is 17.5 Å². The van der Waals surface area contributed by atoms with Crippen LogP contribution in [0.1, 0.15) is 5.56 Å². The lowest BCUT2D eigenvalue weighted by Crippen LogP contribution is -2.28. The fraction of sp³-hybridized carbons (Fsp3) is 0.182. The van der Waals surface area contributed by atoms with Gasteiger partial charge in [-0.2, -0.15) is 13.2 Å². The Bertz CT molecular complexity index is 662. The molecule has 18 heavy (non-hydrogen) atoms. The number of methoxy groups -OCH3 is 1. The van der Waals surface area contributed by atoms with E-state index in [-0.39, 0.29) is 10.9 Å². The van der Waals surface area contributed by atoms with Gasteiger partial charge in [-0.15, -0.1) is 0 Å². The number of aromatic nitrogens is 1. The number of hydrogen-bond donors (Lipinski definition) is 1. The van der Waals surface area contributed by atoms with E-state index in [9.17, 15) is 18.0 Å². The zero-order valence-corrected chi connectivity index (χ0v) is 9.28. The van der Waals surface area contributed by atoms with Crippen LogP contribution in [0.2, 0.25) is 0 Å². The molecule has 0 atom stereocenters. The van der Waals surface area contributed by atoms with Crippen molar-refractivity contribution >= 4 is 10.9 Å². The van der Waals surface area contributed by atoms with Crippen molar-refractivity contribution in [3.05, 3.63) is 40.2 Å². The van der Waals surface area contributed by atoms with E-state index in [0.29, 0.717) is 16.5 Å². The van der Waals surface area contributed by atoms with E-state index in [0.717, 1.165) is 0 Å². The number of pyridine rings is 1. The van der Waals surface area contributed by atoms with Crippen molar-refractivity contribution in [2.24, 2.45) is 0 Å². The summed E-state index contributed by atoms with van der Waals surface area (Å²) in [7, 11) is 1.37. The number of nitrogen functional groups attached to an aromatic ring is 1. The number of nitrogens with zero attached hydrogens (tertiary/aromatic N) is 1. The van der Waals surface area contributed by atoms with Gasteiger partial charge >= 0.3 is 6.18 Å². The molecule has 0 spiro atoms. The number of nitrogens with two attached hydrogens (primary N) is 1. The topological polar surface area (TPSA) is 57.2 Å². The molecule has 2 aromatic rings. The standard InChI is InChI=1S/C11H9F3N2O2/c1-18-6-2-3-7-8(11(12,13)14)5-10(17)16(15)9(7)4-6/h2-5H,15H2,1H3. The fourth-order valence-electron chi connectivity index (χ4n) is 1.69. The average Bonchev–Trinajstić information content (AvgIpc) is 2.31. The summed E-state index contributed by atoms with van der Waals surface area (Å²) in [5, 5.41) is -0.148. The summed E-state index contributed by atoms with van der Waals surface area (Å²) in [5.74, 6) is 5.76. The second-order valence-electron chi connectivity index (χ2n) is 3.65. The summed E-state index contributed by atoms with van der Waals surface area (Å²) in [4.78, 5) is 11.4. The van der Waals surface area contributed by atoms with Crippen LogP contribution in [-0.4, -0.2) is 11.8 Å². The second kappa shape index (κ2) is 3.94. The largest absolute Gasteiger partial charge is 0.497 e. The van der Waals surface area contributed by atoms with Gasteiger partial charge in [0.05, 0.1) is 18.2 Å². The number of hydrogen-bond acceptors (Lipinski definition) is 3. The molecule has 0 bridgehead atoms. The molecule has 0 aliphatic heterocycles. The number of halogens is 3. The fourth-order valence-corrected chi connectivity index (χ4v) is 1.69. The summed E-state index contributed by atoms with van der Waals surface area (Å²) in [6.45, 7) is 0. The lowest BCUT2D eigenvalue weighted by molar-refractivity contribution is -0.136. The quantitative estimate of drug-likeness (QED) is 0.793. The van der Waals surface area contributed by atoms with Crippen molar-refractivity contribution in [1.29, 1.82) is 0 Å². The number of benzene rings is 1. The van der Waals surface area contributed by atoms with E-state index in [1.54, 1.807) is 0 Å². The molecule has 0 saturated heterocycles. The second-order valence-corrected chi connectivity index (χ2v) is 3.65. The molecular formula is C11H9F3N2O2. The molecule has 0 unspecified atom stereocenters. The monoisotopic (exact) mass is 258 g/mol. The number of fused-ring (bicyclic) bond motifs is 1. The highest BCUT2D eigenvalue weighted by molar-refractivity contribution is 5.84. The summed E-state index contributed by atoms with van der Waals surface area (Å²) in [5.41, 5.74) is -1.97. The van der Waals surface area contributed by atoms with Crippen molar-refractivity contribution in [3.8, 4) is 5.75 Å². The summed E-state index contributed by atoms with van der Waals surface area (Å²) < 4.78 is 43.9. The third-order valence-corrected chi connectivity index (χ3v) is 2.57. The van der Waals surface area contributed by atoms with E-state index in [1.165, 1.54) is 25.3 Å². The molecular weight excluding hydrogens is 249 g/mol. The zero-order valence-electron chi connectivity index (χ0n) is 9.28. The third kappa shape index (κ3) is 1.87. The molecule has 1 aromatic heterocycles. The lowest BCUT2D eigenvalue weighted by atomic mass is 10.1. The van der Waals surface area contributed by atoms with Gasteiger partial charge in [-0.3, -0.25) is 4.79 Å². The van der Waals surface area contributed by atoms with Crippen LogP contribution in [0.4, 0.5) is 13.2 Å². The number of rotatable bonds is 1. The molecule has 1 aromatic carbocycles. The SMILES string of the molecule is COc1ccc2c(C(F)(F)F)cc(=O)n(N)c2c1. The first-order valence-corrected chi connectivity index (χ1v) is 4.90. The molecule has 2 rings (SSSR count). The molecule has 7 heteroatoms. The van der Waals surface area contributed by atoms with Gasteiger partial charge in [0.15, 0.2) is 0 Å². The minimum absolute atomic E-state index is 0.0332. The Kier molecular flexibility index (Phi) is 2.68. The Balaban J connectivity index is 2.91. The maximum Gasteiger partial charge on any atom is 0.417 e. The van der Waals surface area contributed by atoms with E-state index in [4.69, 9.17) is 10.6 Å². The van der Waals surface area contributed by atoms with Gasteiger partial charge in [0.25, 0.3) is 5.56 Å². The molecule has 1 heterocycles. The Hall–Kier alpha value is -2.18. The normalized spacial score (nSPS) is 11.8. The molecule has 4 nitrogen and oxygen atoms in total. The predicted octanol–water partition coefficient (Wildman–Crippen LogP) is 1.74. The predicted molar refractivity (Wildman–Crippen MR) is 59.9 cm³/mol. The maximum absolute atomic E-state index is 12.8. The van der Waals surface area contributed by atoms with Crippen molar-refractivity contribution in [1.82, 2.24) is 4.68 Å². The number of ether oxygens (including phenoxy) is 1. The van der Waals surface area contributed by atoms with Crippen molar-refractivity contribution in [2.75, 3.05) is 13.0 Å². The van der Waals surface area contributed by atoms with E-state index in [2.05, 4.69) is 0 Å². The van der Waals surface area contributed by atoms with Crippen LogP contribution in [-0.2, 0) is 6.18 Å². The molecule has 0 radical (unpaired) electrons. The molecule has 0 aliphatic carbocycles. The maximum atomic E-state index is 12.8. The van der Waals surface area contributed by atoms with E-state index < -0.39 is 17.3 Å². The minimum atomic E-state index is -4.61. The molecule has 0 fully saturated rings. The van der Waals surface area contributed by atoms with Gasteiger partial charge in [-0.25, -0.2) is 4.68 Å². The van der Waals surface area contributed by atoms with Gasteiger partial charge in [0.1, 0.15) is 5.75 Å². The van der Waals surface area contributed by atoms with Crippen molar-refractivity contribution in [3.63, 3.8) is 0 Å². The summed E-state index contributed by atoms with van der Waals surface area (Å²) >= 11 is 0. The van der Waals surface area contributed by atoms with Crippen LogP contribution < -0.4 is 16.1 Å². The molecule has 0 amide bonds. The van der Waals surface area contributed by atoms with Gasteiger partial charge < -0.3 is 10.6 Å². The highest BCUT2D eigenvalue weighted by atomic mass is 19.4. The van der Waals surface area contributed by atoms with Crippen LogP contribution in [0.25, 0.3) is 10.9 Å². The Morgan fingerprint density at radius 1 is 1.28 bits per heavy atom. The van der Waals surface area contributed by atoms with Crippen molar-refractivity contribution in [2.45, 2.75) is 6.18 Å². The van der Waals surface area contributed by atoms with Crippen LogP contribution in [0, 0.1) is 0 Å². The van der Waals surface area contributed by atoms with Gasteiger partial charge in [-0.1, -0.05) is 0 Å². The summed E-state index contributed by atoms with van der Waals surface area (Å²) in [6, 6.07) is 4.36. The summed E-state index contributed by atoms with van der Waals surface area (Å²) in [6.07, 6.45) is -4.61. The lowest BCUT2D eigenvalue weighted by Gasteiger charge is -2.13. The van der Waals surface area contributed by atoms with E-state index in [1.807, 2.05) is 0 Å².